The first kappa shape index (κ1) is 15.1. The number of likely N-dealkylation sites (N-methyl/N-ethyl adjacent to an activating group) is 1. The molecule has 0 aliphatic heterocycles. The Morgan fingerprint density at radius 2 is 2.05 bits per heavy atom. The van der Waals surface area contributed by atoms with Crippen LogP contribution in [0.5, 0.6) is 0 Å². The van der Waals surface area contributed by atoms with Crippen molar-refractivity contribution in [3.05, 3.63) is 36.1 Å². The maximum absolute atomic E-state index is 11.9. The smallest absolute Gasteiger partial charge is 0.321 e. The van der Waals surface area contributed by atoms with Crippen molar-refractivity contribution in [3.8, 4) is 0 Å². The van der Waals surface area contributed by atoms with Crippen LogP contribution in [0, 0.1) is 0 Å². The Hall–Kier alpha value is -2.34. The predicted octanol–water partition coefficient (Wildman–Crippen LogP) is 1.71. The number of fused-ring (bicyclic) bond motifs is 1. The zero-order chi connectivity index (χ0) is 15.4. The lowest BCUT2D eigenvalue weighted by Crippen LogP contribution is -2.47. The van der Waals surface area contributed by atoms with E-state index in [0.29, 0.717) is 6.54 Å². The van der Waals surface area contributed by atoms with Gasteiger partial charge in [-0.25, -0.2) is 4.79 Å². The minimum absolute atomic E-state index is 0.354. The topological polar surface area (TPSA) is 74.6 Å². The second kappa shape index (κ2) is 6.41. The number of carbonyl (C=O) groups is 2. The maximum atomic E-state index is 11.9. The minimum Gasteiger partial charge on any atom is -0.460 e. The molecule has 0 fully saturated rings. The number of hydrogen-bond donors (Lipinski definition) is 2. The maximum Gasteiger partial charge on any atom is 0.321 e. The largest absolute Gasteiger partial charge is 0.460 e. The van der Waals surface area contributed by atoms with Crippen molar-refractivity contribution in [2.24, 2.45) is 0 Å². The zero-order valence-corrected chi connectivity index (χ0v) is 12.3. The van der Waals surface area contributed by atoms with Crippen LogP contribution in [0.1, 0.15) is 12.7 Å². The second-order valence-electron chi connectivity index (χ2n) is 4.91. The molecular formula is C15H19N3O3. The average Bonchev–Trinajstić information content (AvgIpc) is 2.88. The Morgan fingerprint density at radius 3 is 2.71 bits per heavy atom. The minimum atomic E-state index is -0.510. The van der Waals surface area contributed by atoms with Gasteiger partial charge in [-0.3, -0.25) is 15.0 Å². The van der Waals surface area contributed by atoms with Gasteiger partial charge in [0.05, 0.1) is 12.6 Å². The molecule has 0 saturated heterocycles. The number of urea groups is 1. The fourth-order valence-corrected chi connectivity index (χ4v) is 1.98. The van der Waals surface area contributed by atoms with Gasteiger partial charge in [-0.05, 0) is 26.1 Å². The molecule has 6 nitrogen and oxygen atoms in total. The predicted molar refractivity (Wildman–Crippen MR) is 79.7 cm³/mol. The van der Waals surface area contributed by atoms with E-state index in [-0.39, 0.29) is 5.91 Å². The van der Waals surface area contributed by atoms with Crippen LogP contribution in [0.4, 0.5) is 4.79 Å². The van der Waals surface area contributed by atoms with E-state index < -0.39 is 12.1 Å². The highest BCUT2D eigenvalue weighted by Gasteiger charge is 2.20. The summed E-state index contributed by atoms with van der Waals surface area (Å²) in [6.45, 7) is 2.22. The number of nitrogens with zero attached hydrogens (tertiary/aromatic N) is 1. The van der Waals surface area contributed by atoms with Crippen molar-refractivity contribution in [2.75, 3.05) is 14.1 Å². The molecule has 6 heteroatoms. The van der Waals surface area contributed by atoms with Gasteiger partial charge < -0.3 is 9.73 Å². The highest BCUT2D eigenvalue weighted by Crippen LogP contribution is 2.20. The highest BCUT2D eigenvalue weighted by molar-refractivity contribution is 5.96. The number of para-hydroxylation sites is 1. The number of hydrogen-bond acceptors (Lipinski definition) is 4. The molecule has 2 N–H and O–H groups in total. The molecule has 0 radical (unpaired) electrons. The summed E-state index contributed by atoms with van der Waals surface area (Å²) < 4.78 is 5.72. The number of amides is 3. The van der Waals surface area contributed by atoms with E-state index in [4.69, 9.17) is 4.42 Å². The van der Waals surface area contributed by atoms with Crippen molar-refractivity contribution >= 4 is 22.9 Å². The van der Waals surface area contributed by atoms with Crippen LogP contribution in [0.2, 0.25) is 0 Å². The van der Waals surface area contributed by atoms with Crippen molar-refractivity contribution in [1.82, 2.24) is 15.5 Å². The summed E-state index contributed by atoms with van der Waals surface area (Å²) in [5, 5.41) is 5.64. The lowest BCUT2D eigenvalue weighted by molar-refractivity contribution is -0.124. The number of furan rings is 1. The molecule has 0 spiro atoms. The Kier molecular flexibility index (Phi) is 4.59. The van der Waals surface area contributed by atoms with E-state index >= 15 is 0 Å². The molecule has 112 valence electrons. The molecule has 0 aliphatic rings. The first-order chi connectivity index (χ1) is 10.0. The normalized spacial score (nSPS) is 12.4. The van der Waals surface area contributed by atoms with Gasteiger partial charge in [-0.2, -0.15) is 0 Å². The van der Waals surface area contributed by atoms with Gasteiger partial charge in [0.1, 0.15) is 11.3 Å². The van der Waals surface area contributed by atoms with Crippen LogP contribution in [0.3, 0.4) is 0 Å². The van der Waals surface area contributed by atoms with Crippen LogP contribution >= 0.6 is 0 Å². The molecule has 0 bridgehead atoms. The third-order valence-corrected chi connectivity index (χ3v) is 3.39. The SMILES string of the molecule is CNC(=O)NC(=O)C(C)N(C)Cc1cc2ccccc2o1. The lowest BCUT2D eigenvalue weighted by Gasteiger charge is -2.22. The first-order valence-electron chi connectivity index (χ1n) is 6.71. The Labute approximate surface area is 123 Å². The average molecular weight is 289 g/mol. The fraction of sp³-hybridized carbons (Fsp3) is 0.333. The first-order valence-corrected chi connectivity index (χ1v) is 6.71. The van der Waals surface area contributed by atoms with Crippen molar-refractivity contribution in [1.29, 1.82) is 0 Å². The summed E-state index contributed by atoms with van der Waals surface area (Å²) in [5.74, 6) is 0.422. The van der Waals surface area contributed by atoms with Crippen LogP contribution in [0.15, 0.2) is 34.7 Å². The molecule has 0 aliphatic carbocycles. The van der Waals surface area contributed by atoms with Crippen molar-refractivity contribution in [2.45, 2.75) is 19.5 Å². The Balaban J connectivity index is 2.01. The molecule has 1 aromatic carbocycles. The third-order valence-electron chi connectivity index (χ3n) is 3.39. The van der Waals surface area contributed by atoms with E-state index in [1.54, 1.807) is 14.0 Å². The molecule has 3 amide bonds. The molecule has 21 heavy (non-hydrogen) atoms. The molecule has 1 atom stereocenters. The van der Waals surface area contributed by atoms with Gasteiger partial charge in [-0.1, -0.05) is 18.2 Å². The number of benzene rings is 1. The van der Waals surface area contributed by atoms with Gasteiger partial charge in [-0.15, -0.1) is 0 Å². The van der Waals surface area contributed by atoms with E-state index in [1.807, 2.05) is 35.2 Å². The third kappa shape index (κ3) is 3.61. The fourth-order valence-electron chi connectivity index (χ4n) is 1.98. The van der Waals surface area contributed by atoms with Crippen molar-refractivity contribution in [3.63, 3.8) is 0 Å². The standard InChI is InChI=1S/C15H19N3O3/c1-10(14(19)17-15(20)16-2)18(3)9-12-8-11-6-4-5-7-13(11)21-12/h4-8,10H,9H2,1-3H3,(H2,16,17,19,20). The number of nitrogens with one attached hydrogen (secondary N) is 2. The van der Waals surface area contributed by atoms with E-state index in [2.05, 4.69) is 10.6 Å². The monoisotopic (exact) mass is 289 g/mol. The Bertz CT molecular complexity index is 617. The van der Waals surface area contributed by atoms with Crippen molar-refractivity contribution < 1.29 is 14.0 Å². The quantitative estimate of drug-likeness (QED) is 0.898. The summed E-state index contributed by atoms with van der Waals surface area (Å²) in [6.07, 6.45) is 0. The molecule has 1 heterocycles. The number of imide groups is 1. The summed E-state index contributed by atoms with van der Waals surface area (Å²) >= 11 is 0. The molecule has 2 rings (SSSR count). The summed E-state index contributed by atoms with van der Waals surface area (Å²) in [5.41, 5.74) is 0.823. The van der Waals surface area contributed by atoms with Crippen LogP contribution < -0.4 is 10.6 Å². The molecule has 1 unspecified atom stereocenters. The molecule has 0 saturated carbocycles. The van der Waals surface area contributed by atoms with Gasteiger partial charge >= 0.3 is 6.03 Å². The van der Waals surface area contributed by atoms with Crippen LogP contribution in [0.25, 0.3) is 11.0 Å². The summed E-state index contributed by atoms with van der Waals surface area (Å²) in [6, 6.07) is 8.74. The van der Waals surface area contributed by atoms with E-state index in [9.17, 15) is 9.59 Å². The van der Waals surface area contributed by atoms with Gasteiger partial charge in [0, 0.05) is 12.4 Å². The second-order valence-corrected chi connectivity index (χ2v) is 4.91. The molecular weight excluding hydrogens is 270 g/mol. The van der Waals surface area contributed by atoms with E-state index in [1.165, 1.54) is 7.05 Å². The van der Waals surface area contributed by atoms with Gasteiger partial charge in [0.2, 0.25) is 5.91 Å². The molecule has 2 aromatic rings. The van der Waals surface area contributed by atoms with Crippen LogP contribution in [-0.2, 0) is 11.3 Å². The number of carbonyl (C=O) groups excluding carboxylic acids is 2. The van der Waals surface area contributed by atoms with E-state index in [0.717, 1.165) is 16.7 Å². The highest BCUT2D eigenvalue weighted by atomic mass is 16.3. The Morgan fingerprint density at radius 1 is 1.33 bits per heavy atom. The summed E-state index contributed by atoms with van der Waals surface area (Å²) in [7, 11) is 3.27. The zero-order valence-electron chi connectivity index (χ0n) is 12.3. The molecule has 1 aromatic heterocycles. The van der Waals surface area contributed by atoms with Gasteiger partial charge in [0.15, 0.2) is 0 Å². The van der Waals surface area contributed by atoms with Gasteiger partial charge in [0.25, 0.3) is 0 Å². The van der Waals surface area contributed by atoms with Crippen LogP contribution in [-0.4, -0.2) is 37.0 Å². The number of rotatable bonds is 4. The summed E-state index contributed by atoms with van der Waals surface area (Å²) in [4.78, 5) is 24.8. The lowest BCUT2D eigenvalue weighted by atomic mass is 10.2.